The van der Waals surface area contributed by atoms with Crippen molar-refractivity contribution in [1.29, 1.82) is 0 Å². The molecular formula is C9H10ClFO4S. The molecule has 0 aliphatic heterocycles. The highest BCUT2D eigenvalue weighted by atomic mass is 35.5. The third-order valence-electron chi connectivity index (χ3n) is 1.85. The van der Waals surface area contributed by atoms with Crippen LogP contribution < -0.4 is 9.47 Å². The van der Waals surface area contributed by atoms with Gasteiger partial charge in [-0.3, -0.25) is 0 Å². The van der Waals surface area contributed by atoms with Crippen LogP contribution >= 0.6 is 11.6 Å². The number of hydrogen-bond donors (Lipinski definition) is 0. The zero-order chi connectivity index (χ0) is 12.3. The average molecular weight is 269 g/mol. The van der Waals surface area contributed by atoms with E-state index in [1.54, 1.807) is 0 Å². The topological polar surface area (TPSA) is 52.6 Å². The summed E-state index contributed by atoms with van der Waals surface area (Å²) in [6.45, 7) is 0. The number of hydrogen-bond acceptors (Lipinski definition) is 4. The molecule has 4 nitrogen and oxygen atoms in total. The minimum atomic E-state index is -4.65. The van der Waals surface area contributed by atoms with Gasteiger partial charge in [-0.05, 0) is 6.07 Å². The molecule has 0 saturated carbocycles. The first-order valence-electron chi connectivity index (χ1n) is 4.20. The average Bonchev–Trinajstić information content (AvgIpc) is 2.14. The van der Waals surface area contributed by atoms with Gasteiger partial charge in [-0.25, -0.2) is 0 Å². The highest BCUT2D eigenvalue weighted by Crippen LogP contribution is 2.35. The number of benzene rings is 1. The quantitative estimate of drug-likeness (QED) is 0.785. The third kappa shape index (κ3) is 3.24. The molecule has 0 unspecified atom stereocenters. The third-order valence-corrected chi connectivity index (χ3v) is 2.72. The van der Waals surface area contributed by atoms with Crippen molar-refractivity contribution in [2.24, 2.45) is 0 Å². The van der Waals surface area contributed by atoms with Crippen molar-refractivity contribution in [2.45, 2.75) is 5.75 Å². The van der Waals surface area contributed by atoms with Crippen LogP contribution in [0.15, 0.2) is 12.1 Å². The van der Waals surface area contributed by atoms with Crippen molar-refractivity contribution in [3.8, 4) is 11.5 Å². The van der Waals surface area contributed by atoms with E-state index in [4.69, 9.17) is 21.1 Å². The minimum Gasteiger partial charge on any atom is -0.493 e. The van der Waals surface area contributed by atoms with E-state index in [1.807, 2.05) is 0 Å². The molecule has 0 atom stereocenters. The Morgan fingerprint density at radius 3 is 2.38 bits per heavy atom. The second-order valence-electron chi connectivity index (χ2n) is 2.98. The van der Waals surface area contributed by atoms with Crippen LogP contribution in [0.5, 0.6) is 11.5 Å². The first kappa shape index (κ1) is 13.1. The molecule has 0 aliphatic carbocycles. The van der Waals surface area contributed by atoms with Crippen LogP contribution in [0.3, 0.4) is 0 Å². The van der Waals surface area contributed by atoms with Crippen molar-refractivity contribution >= 4 is 21.8 Å². The van der Waals surface area contributed by atoms with Crippen LogP contribution in [-0.2, 0) is 16.0 Å². The second-order valence-corrected chi connectivity index (χ2v) is 4.79. The summed E-state index contributed by atoms with van der Waals surface area (Å²) in [4.78, 5) is 0. The Morgan fingerprint density at radius 2 is 1.94 bits per heavy atom. The van der Waals surface area contributed by atoms with Gasteiger partial charge in [-0.2, -0.15) is 8.42 Å². The normalized spacial score (nSPS) is 11.2. The highest BCUT2D eigenvalue weighted by Gasteiger charge is 2.17. The van der Waals surface area contributed by atoms with Gasteiger partial charge in [0.2, 0.25) is 0 Å². The molecule has 0 amide bonds. The summed E-state index contributed by atoms with van der Waals surface area (Å²) in [5.41, 5.74) is 0.120. The monoisotopic (exact) mass is 268 g/mol. The molecule has 0 heterocycles. The van der Waals surface area contributed by atoms with Gasteiger partial charge < -0.3 is 9.47 Å². The molecule has 16 heavy (non-hydrogen) atoms. The first-order valence-corrected chi connectivity index (χ1v) is 6.13. The molecule has 0 radical (unpaired) electrons. The summed E-state index contributed by atoms with van der Waals surface area (Å²) >= 11 is 5.73. The molecule has 0 aliphatic rings. The van der Waals surface area contributed by atoms with Gasteiger partial charge in [-0.1, -0.05) is 11.6 Å². The van der Waals surface area contributed by atoms with E-state index in [-0.39, 0.29) is 22.1 Å². The lowest BCUT2D eigenvalue weighted by atomic mass is 10.2. The van der Waals surface area contributed by atoms with Crippen molar-refractivity contribution < 1.29 is 21.8 Å². The van der Waals surface area contributed by atoms with Gasteiger partial charge in [0.25, 0.3) is 0 Å². The smallest absolute Gasteiger partial charge is 0.306 e. The molecule has 0 bridgehead atoms. The first-order chi connectivity index (χ1) is 7.37. The Hall–Kier alpha value is -1.01. The van der Waals surface area contributed by atoms with E-state index in [9.17, 15) is 12.3 Å². The lowest BCUT2D eigenvalue weighted by Gasteiger charge is -2.12. The summed E-state index contributed by atoms with van der Waals surface area (Å²) in [7, 11) is -1.94. The predicted molar refractivity (Wildman–Crippen MR) is 58.3 cm³/mol. The molecule has 1 rings (SSSR count). The van der Waals surface area contributed by atoms with Crippen LogP contribution in [0.4, 0.5) is 3.89 Å². The molecule has 0 saturated heterocycles. The van der Waals surface area contributed by atoms with Crippen LogP contribution in [0, 0.1) is 0 Å². The van der Waals surface area contributed by atoms with Crippen LogP contribution in [0.1, 0.15) is 5.56 Å². The highest BCUT2D eigenvalue weighted by molar-refractivity contribution is 7.85. The minimum absolute atomic E-state index is 0.120. The van der Waals surface area contributed by atoms with Crippen LogP contribution in [0.25, 0.3) is 0 Å². The van der Waals surface area contributed by atoms with E-state index < -0.39 is 16.0 Å². The van der Waals surface area contributed by atoms with Gasteiger partial charge in [0.1, 0.15) is 5.75 Å². The van der Waals surface area contributed by atoms with Crippen molar-refractivity contribution in [2.75, 3.05) is 14.2 Å². The van der Waals surface area contributed by atoms with E-state index >= 15 is 0 Å². The number of methoxy groups -OCH3 is 2. The Kier molecular flexibility index (Phi) is 3.98. The summed E-state index contributed by atoms with van der Waals surface area (Å²) in [5.74, 6) is -0.380. The largest absolute Gasteiger partial charge is 0.493 e. The maximum atomic E-state index is 12.6. The summed E-state index contributed by atoms with van der Waals surface area (Å²) < 4.78 is 43.6. The van der Waals surface area contributed by atoms with Crippen molar-refractivity contribution in [3.05, 3.63) is 22.7 Å². The van der Waals surface area contributed by atoms with Crippen LogP contribution in [0.2, 0.25) is 5.02 Å². The summed E-state index contributed by atoms with van der Waals surface area (Å²) in [5, 5.41) is 0.247. The maximum absolute atomic E-state index is 12.6. The number of halogens is 2. The molecule has 0 spiro atoms. The molecule has 0 N–H and O–H groups in total. The van der Waals surface area contributed by atoms with Crippen LogP contribution in [-0.4, -0.2) is 22.6 Å². The Bertz CT molecular complexity index is 487. The van der Waals surface area contributed by atoms with Gasteiger partial charge in [0.05, 0.1) is 14.2 Å². The van der Waals surface area contributed by atoms with E-state index in [0.29, 0.717) is 0 Å². The van der Waals surface area contributed by atoms with E-state index in [0.717, 1.165) is 0 Å². The van der Waals surface area contributed by atoms with Gasteiger partial charge in [0.15, 0.2) is 11.5 Å². The van der Waals surface area contributed by atoms with E-state index in [1.165, 1.54) is 26.4 Å². The Morgan fingerprint density at radius 1 is 1.31 bits per heavy atom. The SMILES string of the molecule is COc1cc(Cl)cc(CS(=O)(=O)F)c1OC. The Balaban J connectivity index is 3.31. The second kappa shape index (κ2) is 4.88. The number of ether oxygens (including phenoxy) is 2. The van der Waals surface area contributed by atoms with E-state index in [2.05, 4.69) is 0 Å². The lowest BCUT2D eigenvalue weighted by Crippen LogP contribution is -2.01. The molecule has 1 aromatic carbocycles. The standard InChI is InChI=1S/C9H10ClFO4S/c1-14-8-4-7(10)3-6(9(8)15-2)5-16(11,12)13/h3-4H,5H2,1-2H3. The summed E-state index contributed by atoms with van der Waals surface area (Å²) in [6, 6.07) is 2.77. The molecule has 0 fully saturated rings. The fourth-order valence-electron chi connectivity index (χ4n) is 1.30. The fraction of sp³-hybridized carbons (Fsp3) is 0.333. The molecule has 7 heteroatoms. The number of rotatable bonds is 4. The summed E-state index contributed by atoms with van der Waals surface area (Å²) in [6.07, 6.45) is 0. The maximum Gasteiger partial charge on any atom is 0.306 e. The fourth-order valence-corrected chi connectivity index (χ4v) is 2.12. The molecule has 0 aromatic heterocycles. The predicted octanol–water partition coefficient (Wildman–Crippen LogP) is 2.16. The Labute approximate surface area is 98.1 Å². The van der Waals surface area contributed by atoms with Gasteiger partial charge in [0, 0.05) is 16.7 Å². The van der Waals surface area contributed by atoms with Gasteiger partial charge >= 0.3 is 10.2 Å². The van der Waals surface area contributed by atoms with Gasteiger partial charge in [-0.15, -0.1) is 3.89 Å². The molecular weight excluding hydrogens is 259 g/mol. The molecule has 90 valence electrons. The van der Waals surface area contributed by atoms with Crippen molar-refractivity contribution in [3.63, 3.8) is 0 Å². The lowest BCUT2D eigenvalue weighted by molar-refractivity contribution is 0.352. The molecule has 1 aromatic rings. The zero-order valence-corrected chi connectivity index (χ0v) is 10.2. The zero-order valence-electron chi connectivity index (χ0n) is 8.66. The van der Waals surface area contributed by atoms with Crippen molar-refractivity contribution in [1.82, 2.24) is 0 Å².